The molecule has 4 rings (SSSR count). The number of nitro benzene ring substituents is 1. The van der Waals surface area contributed by atoms with Crippen molar-refractivity contribution in [1.82, 2.24) is 20.0 Å². The van der Waals surface area contributed by atoms with Crippen LogP contribution < -0.4 is 5.32 Å². The Morgan fingerprint density at radius 3 is 2.86 bits per heavy atom. The van der Waals surface area contributed by atoms with E-state index in [1.54, 1.807) is 30.4 Å². The van der Waals surface area contributed by atoms with E-state index in [9.17, 15) is 14.9 Å². The summed E-state index contributed by atoms with van der Waals surface area (Å²) in [6.07, 6.45) is 0. The summed E-state index contributed by atoms with van der Waals surface area (Å²) in [6.45, 7) is 1.67. The summed E-state index contributed by atoms with van der Waals surface area (Å²) < 4.78 is 1.39. The van der Waals surface area contributed by atoms with Crippen LogP contribution in [0, 0.1) is 17.0 Å². The molecule has 1 N–H and O–H groups in total. The zero-order valence-corrected chi connectivity index (χ0v) is 16.0. The van der Waals surface area contributed by atoms with Crippen LogP contribution in [0.1, 0.15) is 16.2 Å². The number of hydrogen-bond donors (Lipinski definition) is 1. The Labute approximate surface area is 166 Å². The van der Waals surface area contributed by atoms with Crippen LogP contribution in [0.25, 0.3) is 16.3 Å². The van der Waals surface area contributed by atoms with Crippen LogP contribution in [-0.4, -0.2) is 30.8 Å². The fourth-order valence-electron chi connectivity index (χ4n) is 2.55. The highest BCUT2D eigenvalue weighted by molar-refractivity contribution is 7.16. The molecule has 28 heavy (non-hydrogen) atoms. The van der Waals surface area contributed by atoms with E-state index in [4.69, 9.17) is 0 Å². The first-order valence-corrected chi connectivity index (χ1v) is 9.77. The Hall–Kier alpha value is -3.44. The highest BCUT2D eigenvalue weighted by Crippen LogP contribution is 2.28. The molecular formula is C17H12N6O3S2. The van der Waals surface area contributed by atoms with Gasteiger partial charge in [0.2, 0.25) is 0 Å². The van der Waals surface area contributed by atoms with Crippen LogP contribution >= 0.6 is 22.7 Å². The van der Waals surface area contributed by atoms with E-state index in [0.29, 0.717) is 16.5 Å². The van der Waals surface area contributed by atoms with E-state index in [-0.39, 0.29) is 11.4 Å². The minimum atomic E-state index is -0.489. The van der Waals surface area contributed by atoms with Gasteiger partial charge < -0.3 is 0 Å². The van der Waals surface area contributed by atoms with Crippen LogP contribution in [0.4, 0.5) is 10.8 Å². The van der Waals surface area contributed by atoms with Gasteiger partial charge in [0.1, 0.15) is 0 Å². The van der Waals surface area contributed by atoms with Crippen molar-refractivity contribution in [3.8, 4) is 16.3 Å². The maximum Gasteiger partial charge on any atom is 0.279 e. The lowest BCUT2D eigenvalue weighted by molar-refractivity contribution is -0.384. The summed E-state index contributed by atoms with van der Waals surface area (Å²) in [7, 11) is 0. The minimum Gasteiger partial charge on any atom is -0.296 e. The monoisotopic (exact) mass is 412 g/mol. The smallest absolute Gasteiger partial charge is 0.279 e. The molecule has 0 atom stereocenters. The Morgan fingerprint density at radius 1 is 1.25 bits per heavy atom. The predicted octanol–water partition coefficient (Wildman–Crippen LogP) is 3.92. The van der Waals surface area contributed by atoms with Gasteiger partial charge in [0.25, 0.3) is 11.6 Å². The first-order valence-electron chi connectivity index (χ1n) is 8.01. The van der Waals surface area contributed by atoms with Gasteiger partial charge >= 0.3 is 0 Å². The third-order valence-electron chi connectivity index (χ3n) is 3.89. The molecule has 140 valence electrons. The van der Waals surface area contributed by atoms with E-state index in [1.807, 2.05) is 22.9 Å². The molecule has 0 aliphatic heterocycles. The number of thiophene rings is 1. The van der Waals surface area contributed by atoms with Crippen molar-refractivity contribution in [2.75, 3.05) is 5.32 Å². The lowest BCUT2D eigenvalue weighted by Gasteiger charge is -2.03. The fraction of sp³-hybridized carbons (Fsp3) is 0.0588. The first kappa shape index (κ1) is 17.9. The van der Waals surface area contributed by atoms with E-state index in [1.165, 1.54) is 28.2 Å². The van der Waals surface area contributed by atoms with Gasteiger partial charge in [0.15, 0.2) is 10.8 Å². The molecule has 9 nitrogen and oxygen atoms in total. The van der Waals surface area contributed by atoms with E-state index >= 15 is 0 Å². The molecule has 0 fully saturated rings. The topological polar surface area (TPSA) is 116 Å². The zero-order chi connectivity index (χ0) is 19.7. The summed E-state index contributed by atoms with van der Waals surface area (Å²) in [5, 5.41) is 25.9. The Bertz CT molecular complexity index is 1170. The number of aromatic nitrogens is 4. The summed E-state index contributed by atoms with van der Waals surface area (Å²) in [5.74, 6) is -0.443. The van der Waals surface area contributed by atoms with Crippen molar-refractivity contribution in [2.24, 2.45) is 0 Å². The van der Waals surface area contributed by atoms with Crippen molar-refractivity contribution in [3.63, 3.8) is 0 Å². The summed E-state index contributed by atoms with van der Waals surface area (Å²) in [6, 6.07) is 9.86. The number of amides is 1. The number of non-ortho nitro benzene ring substituents is 1. The highest BCUT2D eigenvalue weighted by Gasteiger charge is 2.20. The minimum absolute atomic E-state index is 0.0673. The molecule has 3 heterocycles. The molecule has 3 aromatic heterocycles. The van der Waals surface area contributed by atoms with Gasteiger partial charge in [0.05, 0.1) is 26.9 Å². The predicted molar refractivity (Wildman–Crippen MR) is 106 cm³/mol. The molecule has 0 unspecified atom stereocenters. The first-order chi connectivity index (χ1) is 13.5. The second kappa shape index (κ2) is 7.29. The third kappa shape index (κ3) is 3.40. The number of benzene rings is 1. The average molecular weight is 412 g/mol. The maximum absolute atomic E-state index is 12.6. The summed E-state index contributed by atoms with van der Waals surface area (Å²) in [4.78, 5) is 28.5. The van der Waals surface area contributed by atoms with Crippen LogP contribution in [-0.2, 0) is 0 Å². The van der Waals surface area contributed by atoms with Crippen LogP contribution in [0.2, 0.25) is 0 Å². The summed E-state index contributed by atoms with van der Waals surface area (Å²) in [5.41, 5.74) is 1.77. The van der Waals surface area contributed by atoms with Crippen LogP contribution in [0.3, 0.4) is 0 Å². The lowest BCUT2D eigenvalue weighted by Crippen LogP contribution is -2.14. The molecule has 0 aliphatic rings. The van der Waals surface area contributed by atoms with Crippen molar-refractivity contribution in [3.05, 3.63) is 68.7 Å². The molecule has 11 heteroatoms. The van der Waals surface area contributed by atoms with Gasteiger partial charge in [0, 0.05) is 17.5 Å². The number of carbonyl (C=O) groups excluding carboxylic acids is 1. The molecule has 0 spiro atoms. The quantitative estimate of drug-likeness (QED) is 0.392. The van der Waals surface area contributed by atoms with Crippen LogP contribution in [0.15, 0.2) is 47.2 Å². The van der Waals surface area contributed by atoms with Crippen molar-refractivity contribution >= 4 is 39.4 Å². The molecule has 1 amide bonds. The van der Waals surface area contributed by atoms with Gasteiger partial charge in [-0.05, 0) is 24.4 Å². The van der Waals surface area contributed by atoms with Crippen molar-refractivity contribution in [2.45, 2.75) is 6.92 Å². The van der Waals surface area contributed by atoms with Gasteiger partial charge in [-0.1, -0.05) is 17.3 Å². The number of nitro groups is 1. The third-order valence-corrected chi connectivity index (χ3v) is 5.54. The Balaban J connectivity index is 1.56. The maximum atomic E-state index is 12.6. The number of anilines is 1. The number of rotatable bonds is 5. The molecule has 4 aromatic rings. The number of hydrogen-bond acceptors (Lipinski definition) is 8. The van der Waals surface area contributed by atoms with E-state index < -0.39 is 10.8 Å². The highest BCUT2D eigenvalue weighted by atomic mass is 32.1. The number of nitrogens with zero attached hydrogens (tertiary/aromatic N) is 5. The largest absolute Gasteiger partial charge is 0.296 e. The van der Waals surface area contributed by atoms with Crippen molar-refractivity contribution < 1.29 is 9.72 Å². The van der Waals surface area contributed by atoms with E-state index in [0.717, 1.165) is 10.6 Å². The number of carbonyl (C=O) groups is 1. The molecular weight excluding hydrogens is 400 g/mol. The second-order valence-corrected chi connectivity index (χ2v) is 7.49. The van der Waals surface area contributed by atoms with Gasteiger partial charge in [-0.3, -0.25) is 20.2 Å². The standard InChI is InChI=1S/C17H12N6O3S2/c1-10-15(20-21-22(10)11-4-2-5-12(8-11)23(25)26)16(24)19-17-18-13(9-28-17)14-6-3-7-27-14/h2-9H,1H3,(H,18,19,24). The van der Waals surface area contributed by atoms with Crippen molar-refractivity contribution in [1.29, 1.82) is 0 Å². The lowest BCUT2D eigenvalue weighted by atomic mass is 10.2. The molecule has 0 radical (unpaired) electrons. The Kier molecular flexibility index (Phi) is 4.67. The normalized spacial score (nSPS) is 10.8. The summed E-state index contributed by atoms with van der Waals surface area (Å²) >= 11 is 2.89. The fourth-order valence-corrected chi connectivity index (χ4v) is 4.01. The molecule has 0 aliphatic carbocycles. The SMILES string of the molecule is Cc1c(C(=O)Nc2nc(-c3cccs3)cs2)nnn1-c1cccc([N+](=O)[O-])c1. The van der Waals surface area contributed by atoms with Crippen LogP contribution in [0.5, 0.6) is 0 Å². The zero-order valence-electron chi connectivity index (χ0n) is 14.4. The van der Waals surface area contributed by atoms with Gasteiger partial charge in [-0.2, -0.15) is 0 Å². The van der Waals surface area contributed by atoms with E-state index in [2.05, 4.69) is 20.6 Å². The second-order valence-electron chi connectivity index (χ2n) is 5.68. The average Bonchev–Trinajstić information content (AvgIpc) is 3.42. The molecule has 0 saturated heterocycles. The van der Waals surface area contributed by atoms with Gasteiger partial charge in [-0.25, -0.2) is 9.67 Å². The van der Waals surface area contributed by atoms with Gasteiger partial charge in [-0.15, -0.1) is 27.8 Å². The number of nitrogens with one attached hydrogen (secondary N) is 1. The molecule has 0 bridgehead atoms. The molecule has 1 aromatic carbocycles. The molecule has 0 saturated carbocycles. The Morgan fingerprint density at radius 2 is 2.11 bits per heavy atom. The number of thiazole rings is 1.